The minimum Gasteiger partial charge on any atom is -0.375 e. The number of benzene rings is 1. The first-order chi connectivity index (χ1) is 10.2. The molecule has 2 aromatic rings. The van der Waals surface area contributed by atoms with Crippen LogP contribution in [0.5, 0.6) is 0 Å². The Kier molecular flexibility index (Phi) is 5.51. The summed E-state index contributed by atoms with van der Waals surface area (Å²) in [7, 11) is 0. The number of imidazole rings is 1. The molecule has 0 aliphatic carbocycles. The van der Waals surface area contributed by atoms with E-state index in [1.165, 1.54) is 0 Å². The van der Waals surface area contributed by atoms with Crippen molar-refractivity contribution in [3.05, 3.63) is 42.7 Å². The molecule has 0 saturated carbocycles. The molecule has 0 radical (unpaired) electrons. The number of aryl methyl sites for hydroxylation is 1. The SMILES string of the molecule is C=C(C)COCCNC(=O)CCn1cnc2ccccc21. The van der Waals surface area contributed by atoms with Crippen molar-refractivity contribution in [2.75, 3.05) is 19.8 Å². The van der Waals surface area contributed by atoms with E-state index in [1.807, 2.05) is 35.8 Å². The second-order valence-corrected chi connectivity index (χ2v) is 5.04. The summed E-state index contributed by atoms with van der Waals surface area (Å²) in [5, 5.41) is 2.84. The zero-order valence-electron chi connectivity index (χ0n) is 12.3. The number of nitrogens with one attached hydrogen (secondary N) is 1. The van der Waals surface area contributed by atoms with Gasteiger partial charge in [-0.2, -0.15) is 0 Å². The number of nitrogens with zero attached hydrogens (tertiary/aromatic N) is 2. The van der Waals surface area contributed by atoms with Crippen molar-refractivity contribution in [1.29, 1.82) is 0 Å². The Morgan fingerprint density at radius 3 is 3.05 bits per heavy atom. The van der Waals surface area contributed by atoms with E-state index in [9.17, 15) is 4.79 Å². The van der Waals surface area contributed by atoms with E-state index in [1.54, 1.807) is 6.33 Å². The number of para-hydroxylation sites is 2. The summed E-state index contributed by atoms with van der Waals surface area (Å²) in [6.45, 7) is 7.85. The average Bonchev–Trinajstić information content (AvgIpc) is 2.87. The smallest absolute Gasteiger partial charge is 0.221 e. The minimum atomic E-state index is 0.0201. The van der Waals surface area contributed by atoms with Gasteiger partial charge in [-0.3, -0.25) is 4.79 Å². The highest BCUT2D eigenvalue weighted by Crippen LogP contribution is 2.11. The van der Waals surface area contributed by atoms with Crippen LogP contribution in [-0.2, 0) is 16.1 Å². The Hall–Kier alpha value is -2.14. The Morgan fingerprint density at radius 1 is 1.43 bits per heavy atom. The summed E-state index contributed by atoms with van der Waals surface area (Å²) < 4.78 is 7.32. The summed E-state index contributed by atoms with van der Waals surface area (Å²) in [5.74, 6) is 0.0201. The number of ether oxygens (including phenoxy) is 1. The quantitative estimate of drug-likeness (QED) is 0.598. The first kappa shape index (κ1) is 15.3. The second kappa shape index (κ2) is 7.59. The number of carbonyl (C=O) groups is 1. The van der Waals surface area contributed by atoms with E-state index in [4.69, 9.17) is 4.74 Å². The molecule has 0 aliphatic heterocycles. The predicted octanol–water partition coefficient (Wildman–Crippen LogP) is 2.14. The lowest BCUT2D eigenvalue weighted by Gasteiger charge is -2.07. The number of hydrogen-bond donors (Lipinski definition) is 1. The first-order valence-corrected chi connectivity index (χ1v) is 7.05. The topological polar surface area (TPSA) is 56.1 Å². The van der Waals surface area contributed by atoms with Crippen molar-refractivity contribution in [1.82, 2.24) is 14.9 Å². The number of aromatic nitrogens is 2. The number of carbonyl (C=O) groups excluding carboxylic acids is 1. The van der Waals surface area contributed by atoms with Gasteiger partial charge in [-0.25, -0.2) is 4.98 Å². The third kappa shape index (κ3) is 4.72. The molecular weight excluding hydrogens is 266 g/mol. The van der Waals surface area contributed by atoms with Crippen LogP contribution in [-0.4, -0.2) is 35.2 Å². The van der Waals surface area contributed by atoms with Crippen LogP contribution in [0.2, 0.25) is 0 Å². The third-order valence-corrected chi connectivity index (χ3v) is 3.02. The molecule has 0 saturated heterocycles. The van der Waals surface area contributed by atoms with Gasteiger partial charge < -0.3 is 14.6 Å². The summed E-state index contributed by atoms with van der Waals surface area (Å²) in [5.41, 5.74) is 2.98. The molecule has 2 rings (SSSR count). The van der Waals surface area contributed by atoms with Crippen molar-refractivity contribution < 1.29 is 9.53 Å². The van der Waals surface area contributed by atoms with Crippen LogP contribution in [0.4, 0.5) is 0 Å². The molecular formula is C16H21N3O2. The van der Waals surface area contributed by atoms with E-state index in [0.29, 0.717) is 32.7 Å². The highest BCUT2D eigenvalue weighted by Gasteiger charge is 2.04. The van der Waals surface area contributed by atoms with E-state index >= 15 is 0 Å². The van der Waals surface area contributed by atoms with Crippen LogP contribution >= 0.6 is 0 Å². The standard InChI is InChI=1S/C16H21N3O2/c1-13(2)11-21-10-8-17-16(20)7-9-19-12-18-14-5-3-4-6-15(14)19/h3-6,12H,1,7-11H2,2H3,(H,17,20). The van der Waals surface area contributed by atoms with Gasteiger partial charge in [0.05, 0.1) is 30.6 Å². The molecule has 1 aromatic heterocycles. The summed E-state index contributed by atoms with van der Waals surface area (Å²) >= 11 is 0. The zero-order chi connectivity index (χ0) is 15.1. The molecule has 1 heterocycles. The maximum absolute atomic E-state index is 11.8. The van der Waals surface area contributed by atoms with E-state index in [0.717, 1.165) is 16.6 Å². The van der Waals surface area contributed by atoms with Crippen LogP contribution in [0.25, 0.3) is 11.0 Å². The Bertz CT molecular complexity index is 619. The first-order valence-electron chi connectivity index (χ1n) is 7.05. The van der Waals surface area contributed by atoms with Crippen molar-refractivity contribution in [2.45, 2.75) is 19.9 Å². The van der Waals surface area contributed by atoms with Crippen LogP contribution in [0, 0.1) is 0 Å². The molecule has 0 unspecified atom stereocenters. The van der Waals surface area contributed by atoms with Crippen molar-refractivity contribution in [2.24, 2.45) is 0 Å². The Morgan fingerprint density at radius 2 is 2.24 bits per heavy atom. The number of amides is 1. The lowest BCUT2D eigenvalue weighted by atomic mass is 10.3. The molecule has 5 nitrogen and oxygen atoms in total. The molecule has 1 N–H and O–H groups in total. The van der Waals surface area contributed by atoms with E-state index < -0.39 is 0 Å². The van der Waals surface area contributed by atoms with Crippen LogP contribution < -0.4 is 5.32 Å². The highest BCUT2D eigenvalue weighted by molar-refractivity contribution is 5.77. The zero-order valence-corrected chi connectivity index (χ0v) is 12.3. The fourth-order valence-electron chi connectivity index (χ4n) is 2.01. The second-order valence-electron chi connectivity index (χ2n) is 5.04. The summed E-state index contributed by atoms with van der Waals surface area (Å²) in [6.07, 6.45) is 2.20. The Labute approximate surface area is 124 Å². The summed E-state index contributed by atoms with van der Waals surface area (Å²) in [4.78, 5) is 16.1. The Balaban J connectivity index is 1.70. The normalized spacial score (nSPS) is 10.7. The third-order valence-electron chi connectivity index (χ3n) is 3.02. The molecule has 21 heavy (non-hydrogen) atoms. The van der Waals surface area contributed by atoms with Gasteiger partial charge in [-0.1, -0.05) is 24.3 Å². The molecule has 1 aromatic carbocycles. The molecule has 0 bridgehead atoms. The average molecular weight is 287 g/mol. The van der Waals surface area contributed by atoms with Gasteiger partial charge in [0.25, 0.3) is 0 Å². The number of fused-ring (bicyclic) bond motifs is 1. The lowest BCUT2D eigenvalue weighted by molar-refractivity contribution is -0.121. The van der Waals surface area contributed by atoms with Gasteiger partial charge in [0.1, 0.15) is 0 Å². The maximum atomic E-state index is 11.8. The highest BCUT2D eigenvalue weighted by atomic mass is 16.5. The van der Waals surface area contributed by atoms with Crippen LogP contribution in [0.15, 0.2) is 42.7 Å². The minimum absolute atomic E-state index is 0.0201. The largest absolute Gasteiger partial charge is 0.375 e. The van der Waals surface area contributed by atoms with Crippen LogP contribution in [0.1, 0.15) is 13.3 Å². The van der Waals surface area contributed by atoms with Crippen molar-refractivity contribution in [3.63, 3.8) is 0 Å². The van der Waals surface area contributed by atoms with Gasteiger partial charge in [0.2, 0.25) is 5.91 Å². The maximum Gasteiger partial charge on any atom is 0.221 e. The monoisotopic (exact) mass is 287 g/mol. The fourth-order valence-corrected chi connectivity index (χ4v) is 2.01. The van der Waals surface area contributed by atoms with Gasteiger partial charge >= 0.3 is 0 Å². The molecule has 0 fully saturated rings. The number of rotatable bonds is 8. The summed E-state index contributed by atoms with van der Waals surface area (Å²) in [6, 6.07) is 7.90. The van der Waals surface area contributed by atoms with Crippen molar-refractivity contribution >= 4 is 16.9 Å². The van der Waals surface area contributed by atoms with Gasteiger partial charge in [0, 0.05) is 19.5 Å². The number of hydrogen-bond acceptors (Lipinski definition) is 3. The fraction of sp³-hybridized carbons (Fsp3) is 0.375. The lowest BCUT2D eigenvalue weighted by Crippen LogP contribution is -2.28. The van der Waals surface area contributed by atoms with Gasteiger partial charge in [-0.15, -0.1) is 0 Å². The van der Waals surface area contributed by atoms with Crippen molar-refractivity contribution in [3.8, 4) is 0 Å². The van der Waals surface area contributed by atoms with E-state index in [2.05, 4.69) is 16.9 Å². The van der Waals surface area contributed by atoms with Gasteiger partial charge in [0.15, 0.2) is 0 Å². The van der Waals surface area contributed by atoms with E-state index in [-0.39, 0.29) is 5.91 Å². The predicted molar refractivity (Wildman–Crippen MR) is 83.0 cm³/mol. The van der Waals surface area contributed by atoms with Gasteiger partial charge in [-0.05, 0) is 19.1 Å². The van der Waals surface area contributed by atoms with Crippen LogP contribution in [0.3, 0.4) is 0 Å². The molecule has 5 heteroatoms. The molecule has 1 amide bonds. The molecule has 0 aliphatic rings. The molecule has 112 valence electrons. The molecule has 0 spiro atoms. The molecule has 0 atom stereocenters.